The number of benzene rings is 2. The van der Waals surface area contributed by atoms with Crippen LogP contribution in [0.1, 0.15) is 36.7 Å². The Morgan fingerprint density at radius 3 is 2.77 bits per heavy atom. The fourth-order valence-electron chi connectivity index (χ4n) is 4.02. The molecular formula is C24H28N4O3. The molecule has 1 atom stereocenters. The quantitative estimate of drug-likeness (QED) is 0.435. The number of piperidine rings is 1. The maximum atomic E-state index is 9.68. The summed E-state index contributed by atoms with van der Waals surface area (Å²) in [6.45, 7) is 2.03. The number of nitrogens with one attached hydrogen (secondary N) is 1. The first-order chi connectivity index (χ1) is 15.1. The summed E-state index contributed by atoms with van der Waals surface area (Å²) in [5, 5.41) is 31.5. The van der Waals surface area contributed by atoms with Gasteiger partial charge >= 0.3 is 0 Å². The summed E-state index contributed by atoms with van der Waals surface area (Å²) in [4.78, 5) is 11.3. The zero-order valence-electron chi connectivity index (χ0n) is 17.4. The number of nitrogens with zero attached hydrogens (tertiary/aromatic N) is 3. The molecule has 3 aromatic rings. The lowest BCUT2D eigenvalue weighted by molar-refractivity contribution is -0.0424. The average molecular weight is 421 g/mol. The van der Waals surface area contributed by atoms with E-state index in [9.17, 15) is 15.3 Å². The lowest BCUT2D eigenvalue weighted by Crippen LogP contribution is -2.41. The van der Waals surface area contributed by atoms with Gasteiger partial charge in [-0.25, -0.2) is 9.97 Å². The number of aromatic nitrogens is 2. The molecule has 0 saturated carbocycles. The highest BCUT2D eigenvalue weighted by Crippen LogP contribution is 2.24. The summed E-state index contributed by atoms with van der Waals surface area (Å²) in [7, 11) is 0. The van der Waals surface area contributed by atoms with Crippen LogP contribution < -0.4 is 5.32 Å². The van der Waals surface area contributed by atoms with E-state index in [0.29, 0.717) is 17.2 Å². The van der Waals surface area contributed by atoms with E-state index in [1.165, 1.54) is 18.4 Å². The molecule has 1 unspecified atom stereocenters. The van der Waals surface area contributed by atoms with Crippen LogP contribution >= 0.6 is 0 Å². The molecule has 1 aliphatic rings. The van der Waals surface area contributed by atoms with E-state index in [0.717, 1.165) is 30.8 Å². The minimum Gasteiger partial charge on any atom is -0.395 e. The summed E-state index contributed by atoms with van der Waals surface area (Å²) in [6.07, 6.45) is 3.58. The third kappa shape index (κ3) is 5.45. The molecule has 162 valence electrons. The largest absolute Gasteiger partial charge is 0.395 e. The molecule has 1 fully saturated rings. The first-order valence-electron chi connectivity index (χ1n) is 10.6. The third-order valence-corrected chi connectivity index (χ3v) is 5.66. The number of rotatable bonds is 7. The Balaban J connectivity index is 1.51. The van der Waals surface area contributed by atoms with E-state index in [4.69, 9.17) is 0 Å². The van der Waals surface area contributed by atoms with Crippen LogP contribution in [-0.4, -0.2) is 49.4 Å². The van der Waals surface area contributed by atoms with Crippen LogP contribution in [-0.2, 0) is 6.54 Å². The highest BCUT2D eigenvalue weighted by atomic mass is 16.5. The van der Waals surface area contributed by atoms with Gasteiger partial charge in [0.1, 0.15) is 0 Å². The van der Waals surface area contributed by atoms with E-state index >= 15 is 0 Å². The molecule has 0 aliphatic carbocycles. The summed E-state index contributed by atoms with van der Waals surface area (Å²) in [5.74, 6) is 0.434. The SMILES string of the molecule is OCC1CCCCN1Cc1cccc(-c2ccnc(Nc3cccc(C(O)O)c3)n2)c1. The van der Waals surface area contributed by atoms with Crippen molar-refractivity contribution in [2.24, 2.45) is 0 Å². The molecule has 7 nitrogen and oxygen atoms in total. The standard InChI is InChI=1S/C24H28N4O3/c29-16-21-9-1-2-12-28(21)15-17-5-3-6-18(13-17)22-10-11-25-24(27-22)26-20-8-4-7-19(14-20)23(30)31/h3-8,10-11,13-14,21,23,29-31H,1-2,9,12,15-16H2,(H,25,26,27). The molecule has 1 aromatic heterocycles. The van der Waals surface area contributed by atoms with Crippen molar-refractivity contribution < 1.29 is 15.3 Å². The van der Waals surface area contributed by atoms with Gasteiger partial charge in [-0.15, -0.1) is 0 Å². The Morgan fingerprint density at radius 2 is 1.94 bits per heavy atom. The topological polar surface area (TPSA) is 102 Å². The molecule has 1 aliphatic heterocycles. The maximum absolute atomic E-state index is 9.68. The van der Waals surface area contributed by atoms with Gasteiger partial charge in [0.25, 0.3) is 0 Å². The third-order valence-electron chi connectivity index (χ3n) is 5.66. The van der Waals surface area contributed by atoms with Crippen molar-refractivity contribution in [3.05, 3.63) is 71.9 Å². The Bertz CT molecular complexity index is 1010. The highest BCUT2D eigenvalue weighted by molar-refractivity contribution is 5.63. The predicted octanol–water partition coefficient (Wildman–Crippen LogP) is 3.22. The first kappa shape index (κ1) is 21.4. The molecule has 4 N–H and O–H groups in total. The molecule has 1 saturated heterocycles. The van der Waals surface area contributed by atoms with E-state index in [1.54, 1.807) is 24.4 Å². The van der Waals surface area contributed by atoms with Crippen LogP contribution in [0.25, 0.3) is 11.3 Å². The zero-order chi connectivity index (χ0) is 21.6. The molecule has 2 heterocycles. The van der Waals surface area contributed by atoms with Gasteiger partial charge in [0.15, 0.2) is 6.29 Å². The summed E-state index contributed by atoms with van der Waals surface area (Å²) in [6, 6.07) is 17.3. The predicted molar refractivity (Wildman–Crippen MR) is 120 cm³/mol. The van der Waals surface area contributed by atoms with Crippen molar-refractivity contribution in [3.8, 4) is 11.3 Å². The van der Waals surface area contributed by atoms with Gasteiger partial charge in [-0.2, -0.15) is 0 Å². The fraction of sp³-hybridized carbons (Fsp3) is 0.333. The lowest BCUT2D eigenvalue weighted by Gasteiger charge is -2.34. The Hall–Kier alpha value is -2.84. The Labute approximate surface area is 182 Å². The van der Waals surface area contributed by atoms with Crippen molar-refractivity contribution >= 4 is 11.6 Å². The molecule has 7 heteroatoms. The molecule has 2 aromatic carbocycles. The number of anilines is 2. The van der Waals surface area contributed by atoms with Crippen molar-refractivity contribution in [2.45, 2.75) is 38.1 Å². The van der Waals surface area contributed by atoms with E-state index in [2.05, 4.69) is 32.3 Å². The molecule has 0 radical (unpaired) electrons. The maximum Gasteiger partial charge on any atom is 0.227 e. The summed E-state index contributed by atoms with van der Waals surface area (Å²) >= 11 is 0. The van der Waals surface area contributed by atoms with Gasteiger partial charge in [0.05, 0.1) is 12.3 Å². The molecule has 0 bridgehead atoms. The number of likely N-dealkylation sites (tertiary alicyclic amines) is 1. The van der Waals surface area contributed by atoms with E-state index < -0.39 is 6.29 Å². The van der Waals surface area contributed by atoms with E-state index in [1.807, 2.05) is 24.3 Å². The molecule has 4 rings (SSSR count). The zero-order valence-corrected chi connectivity index (χ0v) is 17.4. The van der Waals surface area contributed by atoms with Crippen molar-refractivity contribution in [3.63, 3.8) is 0 Å². The average Bonchev–Trinajstić information content (AvgIpc) is 2.80. The van der Waals surface area contributed by atoms with Gasteiger partial charge in [-0.1, -0.05) is 36.8 Å². The minimum absolute atomic E-state index is 0.204. The highest BCUT2D eigenvalue weighted by Gasteiger charge is 2.21. The normalized spacial score (nSPS) is 17.1. The van der Waals surface area contributed by atoms with Crippen LogP contribution in [0, 0.1) is 0 Å². The van der Waals surface area contributed by atoms with Crippen LogP contribution in [0.4, 0.5) is 11.6 Å². The molecule has 31 heavy (non-hydrogen) atoms. The summed E-state index contributed by atoms with van der Waals surface area (Å²) < 4.78 is 0. The molecule has 0 spiro atoms. The lowest BCUT2D eigenvalue weighted by atomic mass is 10.0. The van der Waals surface area contributed by atoms with Crippen LogP contribution in [0.5, 0.6) is 0 Å². The van der Waals surface area contributed by atoms with Gasteiger partial charge in [0, 0.05) is 35.6 Å². The van der Waals surface area contributed by atoms with E-state index in [-0.39, 0.29) is 12.6 Å². The Kier molecular flexibility index (Phi) is 6.89. The monoisotopic (exact) mass is 420 g/mol. The van der Waals surface area contributed by atoms with Crippen LogP contribution in [0.2, 0.25) is 0 Å². The summed E-state index contributed by atoms with van der Waals surface area (Å²) in [5.41, 5.74) is 4.06. The fourth-order valence-corrected chi connectivity index (χ4v) is 4.02. The number of hydrogen-bond acceptors (Lipinski definition) is 7. The molecule has 0 amide bonds. The number of hydrogen-bond donors (Lipinski definition) is 4. The first-order valence-corrected chi connectivity index (χ1v) is 10.6. The van der Waals surface area contributed by atoms with Gasteiger partial charge in [0.2, 0.25) is 5.95 Å². The van der Waals surface area contributed by atoms with Crippen LogP contribution in [0.15, 0.2) is 60.8 Å². The van der Waals surface area contributed by atoms with Crippen molar-refractivity contribution in [2.75, 3.05) is 18.5 Å². The molecular weight excluding hydrogens is 392 g/mol. The second-order valence-corrected chi connectivity index (χ2v) is 7.89. The Morgan fingerprint density at radius 1 is 1.06 bits per heavy atom. The van der Waals surface area contributed by atoms with Gasteiger partial charge in [-0.3, -0.25) is 4.90 Å². The van der Waals surface area contributed by atoms with Gasteiger partial charge in [-0.05, 0) is 49.2 Å². The smallest absolute Gasteiger partial charge is 0.227 e. The van der Waals surface area contributed by atoms with Crippen LogP contribution in [0.3, 0.4) is 0 Å². The minimum atomic E-state index is -1.53. The second-order valence-electron chi connectivity index (χ2n) is 7.89. The van der Waals surface area contributed by atoms with Crippen molar-refractivity contribution in [1.29, 1.82) is 0 Å². The number of aliphatic hydroxyl groups excluding tert-OH is 2. The number of aliphatic hydroxyl groups is 3. The van der Waals surface area contributed by atoms with Crippen molar-refractivity contribution in [1.82, 2.24) is 14.9 Å². The second kappa shape index (κ2) is 9.98. The van der Waals surface area contributed by atoms with Gasteiger partial charge < -0.3 is 20.6 Å².